The zero-order valence-corrected chi connectivity index (χ0v) is 20.5. The van der Waals surface area contributed by atoms with Crippen molar-refractivity contribution in [2.75, 3.05) is 20.1 Å². The van der Waals surface area contributed by atoms with Crippen molar-refractivity contribution in [3.63, 3.8) is 0 Å². The number of carbonyl (C=O) groups is 4. The highest BCUT2D eigenvalue weighted by Gasteiger charge is 2.40. The quantitative estimate of drug-likeness (QED) is 0.454. The Kier molecular flexibility index (Phi) is 9.28. The first-order chi connectivity index (χ1) is 15.1. The first-order valence-electron chi connectivity index (χ1n) is 11.8. The monoisotopic (exact) mass is 448 g/mol. The molecule has 0 saturated carbocycles. The molecule has 0 spiro atoms. The summed E-state index contributed by atoms with van der Waals surface area (Å²) >= 11 is 0. The Morgan fingerprint density at radius 1 is 1.09 bits per heavy atom. The van der Waals surface area contributed by atoms with Crippen LogP contribution in [0.2, 0.25) is 0 Å². The SMILES string of the molecule is C/C(=C\[C@H](C(C)C)N(C)C(=O)CNC=O)C(=O)N1CCC[C@H]1C(=O)N1C(C)CCCC1C. The summed E-state index contributed by atoms with van der Waals surface area (Å²) in [6, 6.07) is -0.308. The van der Waals surface area contributed by atoms with E-state index >= 15 is 0 Å². The normalized spacial score (nSPS) is 25.0. The van der Waals surface area contributed by atoms with Gasteiger partial charge in [0.1, 0.15) is 6.04 Å². The second-order valence-corrected chi connectivity index (χ2v) is 9.62. The Morgan fingerprint density at radius 2 is 1.72 bits per heavy atom. The highest BCUT2D eigenvalue weighted by Crippen LogP contribution is 2.28. The number of nitrogens with zero attached hydrogens (tertiary/aromatic N) is 3. The third-order valence-electron chi connectivity index (χ3n) is 6.87. The fourth-order valence-corrected chi connectivity index (χ4v) is 5.02. The van der Waals surface area contributed by atoms with Gasteiger partial charge >= 0.3 is 0 Å². The maximum atomic E-state index is 13.4. The van der Waals surface area contributed by atoms with Crippen LogP contribution in [-0.4, -0.2) is 83.1 Å². The highest BCUT2D eigenvalue weighted by atomic mass is 16.2. The lowest BCUT2D eigenvalue weighted by atomic mass is 9.96. The van der Waals surface area contributed by atoms with Gasteiger partial charge in [-0.3, -0.25) is 19.2 Å². The van der Waals surface area contributed by atoms with Crippen molar-refractivity contribution in [3.8, 4) is 0 Å². The second kappa shape index (κ2) is 11.5. The largest absolute Gasteiger partial charge is 0.350 e. The van der Waals surface area contributed by atoms with Gasteiger partial charge in [0.25, 0.3) is 0 Å². The number of nitrogens with one attached hydrogen (secondary N) is 1. The van der Waals surface area contributed by atoms with Crippen molar-refractivity contribution in [1.82, 2.24) is 20.0 Å². The van der Waals surface area contributed by atoms with Crippen molar-refractivity contribution in [2.45, 2.75) is 90.9 Å². The molecular weight excluding hydrogens is 408 g/mol. The molecule has 0 aromatic carbocycles. The molecule has 0 aromatic heterocycles. The molecule has 180 valence electrons. The molecule has 0 aliphatic carbocycles. The van der Waals surface area contributed by atoms with E-state index in [4.69, 9.17) is 0 Å². The molecule has 2 unspecified atom stereocenters. The van der Waals surface area contributed by atoms with E-state index in [0.29, 0.717) is 24.9 Å². The molecule has 4 amide bonds. The molecule has 32 heavy (non-hydrogen) atoms. The Balaban J connectivity index is 2.17. The van der Waals surface area contributed by atoms with E-state index in [1.165, 1.54) is 0 Å². The van der Waals surface area contributed by atoms with Gasteiger partial charge in [-0.25, -0.2) is 0 Å². The molecule has 0 aromatic rings. The number of hydrogen-bond donors (Lipinski definition) is 1. The summed E-state index contributed by atoms with van der Waals surface area (Å²) in [7, 11) is 1.68. The standard InChI is InChI=1S/C24H40N4O4/c1-16(2)21(26(6)22(30)14-25-15-29)13-17(3)23(31)27-12-8-11-20(27)24(32)28-18(4)9-7-10-19(28)5/h13,15-16,18-21H,7-12,14H2,1-6H3,(H,25,29)/b17-13+/t18?,19?,20-,21+/m0/s1. The van der Waals surface area contributed by atoms with Crippen molar-refractivity contribution < 1.29 is 19.2 Å². The molecule has 0 radical (unpaired) electrons. The minimum Gasteiger partial charge on any atom is -0.350 e. The summed E-state index contributed by atoms with van der Waals surface area (Å²) in [5.41, 5.74) is 0.533. The minimum atomic E-state index is -0.414. The van der Waals surface area contributed by atoms with Crippen LogP contribution < -0.4 is 5.32 Å². The predicted molar refractivity (Wildman–Crippen MR) is 124 cm³/mol. The third kappa shape index (κ3) is 5.90. The molecular formula is C24H40N4O4. The third-order valence-corrected chi connectivity index (χ3v) is 6.87. The summed E-state index contributed by atoms with van der Waals surface area (Å²) in [6.45, 7) is 10.4. The van der Waals surface area contributed by atoms with Crippen LogP contribution in [0.1, 0.15) is 66.7 Å². The van der Waals surface area contributed by atoms with Gasteiger partial charge in [-0.05, 0) is 58.8 Å². The van der Waals surface area contributed by atoms with Gasteiger partial charge in [-0.15, -0.1) is 0 Å². The van der Waals surface area contributed by atoms with Gasteiger partial charge in [0.05, 0.1) is 12.6 Å². The summed E-state index contributed by atoms with van der Waals surface area (Å²) in [5.74, 6) is -0.227. The first-order valence-corrected chi connectivity index (χ1v) is 11.8. The maximum Gasteiger partial charge on any atom is 0.249 e. The number of hydrogen-bond acceptors (Lipinski definition) is 4. The van der Waals surface area contributed by atoms with Crippen LogP contribution in [-0.2, 0) is 19.2 Å². The average molecular weight is 449 g/mol. The van der Waals surface area contributed by atoms with Crippen LogP contribution in [0, 0.1) is 5.92 Å². The maximum absolute atomic E-state index is 13.4. The van der Waals surface area contributed by atoms with E-state index in [9.17, 15) is 19.2 Å². The fraction of sp³-hybridized carbons (Fsp3) is 0.750. The summed E-state index contributed by atoms with van der Waals surface area (Å²) in [4.78, 5) is 54.9. The van der Waals surface area contributed by atoms with E-state index in [1.54, 1.807) is 23.8 Å². The molecule has 1 N–H and O–H groups in total. The van der Waals surface area contributed by atoms with E-state index in [1.807, 2.05) is 24.8 Å². The predicted octanol–water partition coefficient (Wildman–Crippen LogP) is 1.94. The topological polar surface area (TPSA) is 90.0 Å². The van der Waals surface area contributed by atoms with Crippen molar-refractivity contribution in [3.05, 3.63) is 11.6 Å². The first kappa shape index (κ1) is 25.9. The van der Waals surface area contributed by atoms with Crippen LogP contribution in [0.3, 0.4) is 0 Å². The van der Waals surface area contributed by atoms with Gasteiger partial charge < -0.3 is 20.0 Å². The summed E-state index contributed by atoms with van der Waals surface area (Å²) in [5, 5.41) is 2.39. The van der Waals surface area contributed by atoms with Crippen LogP contribution >= 0.6 is 0 Å². The Bertz CT molecular complexity index is 726. The van der Waals surface area contributed by atoms with E-state index in [2.05, 4.69) is 19.2 Å². The average Bonchev–Trinajstić information content (AvgIpc) is 3.24. The molecule has 2 rings (SSSR count). The Labute approximate surface area is 192 Å². The van der Waals surface area contributed by atoms with Gasteiger partial charge in [0, 0.05) is 31.2 Å². The van der Waals surface area contributed by atoms with Crippen LogP contribution in [0.5, 0.6) is 0 Å². The summed E-state index contributed by atoms with van der Waals surface area (Å²) < 4.78 is 0. The van der Waals surface area contributed by atoms with Crippen LogP contribution in [0.15, 0.2) is 11.6 Å². The number of amides is 4. The lowest BCUT2D eigenvalue weighted by Crippen LogP contribution is -2.55. The summed E-state index contributed by atoms with van der Waals surface area (Å²) in [6.07, 6.45) is 6.96. The Morgan fingerprint density at radius 3 is 2.28 bits per heavy atom. The van der Waals surface area contributed by atoms with E-state index in [0.717, 1.165) is 25.7 Å². The van der Waals surface area contributed by atoms with Gasteiger partial charge in [0.2, 0.25) is 24.1 Å². The second-order valence-electron chi connectivity index (χ2n) is 9.62. The molecule has 2 heterocycles. The molecule has 8 nitrogen and oxygen atoms in total. The van der Waals surface area contributed by atoms with E-state index < -0.39 is 6.04 Å². The zero-order chi connectivity index (χ0) is 24.0. The molecule has 8 heteroatoms. The number of rotatable bonds is 8. The number of piperidine rings is 1. The smallest absolute Gasteiger partial charge is 0.249 e. The minimum absolute atomic E-state index is 0.0657. The lowest BCUT2D eigenvalue weighted by Gasteiger charge is -2.41. The number of carbonyl (C=O) groups excluding carboxylic acids is 4. The molecule has 2 saturated heterocycles. The molecule has 2 fully saturated rings. The van der Waals surface area contributed by atoms with Crippen LogP contribution in [0.4, 0.5) is 0 Å². The number of likely N-dealkylation sites (tertiary alicyclic amines) is 2. The van der Waals surface area contributed by atoms with Crippen LogP contribution in [0.25, 0.3) is 0 Å². The molecule has 2 aliphatic rings. The number of likely N-dealkylation sites (N-methyl/N-ethyl adjacent to an activating group) is 1. The fourth-order valence-electron chi connectivity index (χ4n) is 5.02. The molecule has 2 aliphatic heterocycles. The molecule has 0 bridgehead atoms. The van der Waals surface area contributed by atoms with E-state index in [-0.39, 0.29) is 48.3 Å². The van der Waals surface area contributed by atoms with Crippen molar-refractivity contribution in [1.29, 1.82) is 0 Å². The lowest BCUT2D eigenvalue weighted by molar-refractivity contribution is -0.146. The van der Waals surface area contributed by atoms with Crippen molar-refractivity contribution >= 4 is 24.1 Å². The molecule has 4 atom stereocenters. The van der Waals surface area contributed by atoms with Gasteiger partial charge in [0.15, 0.2) is 0 Å². The zero-order valence-electron chi connectivity index (χ0n) is 20.5. The highest BCUT2D eigenvalue weighted by molar-refractivity contribution is 5.97. The van der Waals surface area contributed by atoms with Crippen molar-refractivity contribution in [2.24, 2.45) is 5.92 Å². The van der Waals surface area contributed by atoms with Gasteiger partial charge in [-0.2, -0.15) is 0 Å². The Hall–Kier alpha value is -2.38. The van der Waals surface area contributed by atoms with Gasteiger partial charge in [-0.1, -0.05) is 19.9 Å².